The van der Waals surface area contributed by atoms with Gasteiger partial charge in [-0.1, -0.05) is 12.1 Å². The van der Waals surface area contributed by atoms with Crippen LogP contribution < -0.4 is 0 Å². The number of benzene rings is 2. The van der Waals surface area contributed by atoms with E-state index < -0.39 is 131 Å². The highest BCUT2D eigenvalue weighted by Gasteiger charge is 2.88. The van der Waals surface area contributed by atoms with Gasteiger partial charge in [0.15, 0.2) is 5.78 Å². The Balaban J connectivity index is 1.88. The topological polar surface area (TPSA) is 104 Å². The first kappa shape index (κ1) is 46.8. The molecular formula is C25H10F22O7S2. The maximum Gasteiger partial charge on any atom is 0.460 e. The van der Waals surface area contributed by atoms with Gasteiger partial charge in [0.1, 0.15) is 13.2 Å². The van der Waals surface area contributed by atoms with Crippen molar-refractivity contribution >= 4 is 26.0 Å². The molecule has 0 aliphatic heterocycles. The van der Waals surface area contributed by atoms with E-state index in [2.05, 4.69) is 8.37 Å². The Morgan fingerprint density at radius 3 is 0.911 bits per heavy atom. The largest absolute Gasteiger partial charge is 0.460 e. The zero-order valence-corrected chi connectivity index (χ0v) is 27.0. The Hall–Kier alpha value is -3.61. The van der Waals surface area contributed by atoms with Crippen LogP contribution >= 0.6 is 0 Å². The predicted molar refractivity (Wildman–Crippen MR) is 133 cm³/mol. The molecular weight excluding hydrogens is 894 g/mol. The van der Waals surface area contributed by atoms with Gasteiger partial charge in [0, 0.05) is 11.1 Å². The van der Waals surface area contributed by atoms with Gasteiger partial charge in [-0.2, -0.15) is 113 Å². The van der Waals surface area contributed by atoms with E-state index in [1.54, 1.807) is 0 Å². The van der Waals surface area contributed by atoms with E-state index in [9.17, 15) is 118 Å². The number of alkyl halides is 22. The minimum Gasteiger partial charge on any atom is -0.289 e. The normalized spacial score (nSPS) is 15.9. The summed E-state index contributed by atoms with van der Waals surface area (Å²) in [6.45, 7) is -7.10. The van der Waals surface area contributed by atoms with E-state index in [0.29, 0.717) is 12.1 Å². The van der Waals surface area contributed by atoms with Gasteiger partial charge in [-0.25, -0.2) is 0 Å². The van der Waals surface area contributed by atoms with Gasteiger partial charge in [0.05, 0.1) is 9.79 Å². The maximum absolute atomic E-state index is 14.0. The molecule has 0 aromatic heterocycles. The van der Waals surface area contributed by atoms with Crippen LogP contribution in [0.15, 0.2) is 46.2 Å². The highest BCUT2D eigenvalue weighted by molar-refractivity contribution is 7.87. The number of rotatable bonds is 14. The quantitative estimate of drug-likeness (QED) is 0.118. The molecule has 2 aromatic rings. The molecule has 0 radical (unpaired) electrons. The second-order valence-electron chi connectivity index (χ2n) is 11.0. The van der Waals surface area contributed by atoms with E-state index in [4.69, 9.17) is 0 Å². The van der Waals surface area contributed by atoms with Gasteiger partial charge < -0.3 is 0 Å². The SMILES string of the molecule is O=C1c2cc(S(=O)(=O)OCC(F)(F)C(F)(F)C(F)(F)C(F)(F)C(F)(F)F)ccc2-c2ccc(S(=O)(=O)OCC(F)(F)C(F)(F)C(F)(F)C(F)(F)C(F)(F)F)cc21. The van der Waals surface area contributed by atoms with Crippen LogP contribution in [0.3, 0.4) is 0 Å². The highest BCUT2D eigenvalue weighted by atomic mass is 32.2. The van der Waals surface area contributed by atoms with Crippen LogP contribution in [0.4, 0.5) is 96.6 Å². The molecule has 0 N–H and O–H groups in total. The Bertz CT molecular complexity index is 1960. The summed E-state index contributed by atoms with van der Waals surface area (Å²) in [5.41, 5.74) is -2.91. The summed E-state index contributed by atoms with van der Waals surface area (Å²) in [7, 11) is -12.0. The number of hydrogen-bond acceptors (Lipinski definition) is 7. The Labute approximate surface area is 294 Å². The first-order valence-corrected chi connectivity index (χ1v) is 16.1. The van der Waals surface area contributed by atoms with Crippen molar-refractivity contribution in [2.24, 2.45) is 0 Å². The first-order chi connectivity index (χ1) is 24.5. The summed E-state index contributed by atoms with van der Waals surface area (Å²) in [5, 5.41) is 0. The molecule has 0 spiro atoms. The fraction of sp³-hybridized carbons (Fsp3) is 0.480. The van der Waals surface area contributed by atoms with Crippen LogP contribution in [0.2, 0.25) is 0 Å². The van der Waals surface area contributed by atoms with Crippen molar-refractivity contribution in [2.75, 3.05) is 13.2 Å². The third-order valence-corrected chi connectivity index (χ3v) is 9.86. The molecule has 2 aromatic carbocycles. The van der Waals surface area contributed by atoms with Crippen LogP contribution in [-0.2, 0) is 28.6 Å². The molecule has 0 fully saturated rings. The molecule has 0 atom stereocenters. The van der Waals surface area contributed by atoms with Gasteiger partial charge in [-0.15, -0.1) is 0 Å². The van der Waals surface area contributed by atoms with Crippen molar-refractivity contribution in [3.8, 4) is 11.1 Å². The van der Waals surface area contributed by atoms with Crippen molar-refractivity contribution < 1.29 is 127 Å². The van der Waals surface area contributed by atoms with Crippen molar-refractivity contribution in [3.05, 3.63) is 47.5 Å². The van der Waals surface area contributed by atoms with Crippen LogP contribution in [0.1, 0.15) is 15.9 Å². The second-order valence-corrected chi connectivity index (χ2v) is 14.3. The lowest BCUT2D eigenvalue weighted by molar-refractivity contribution is -0.423. The molecule has 0 saturated heterocycles. The standard InChI is InChI=1S/C25H10F22O7S2/c26-16(27,18(30,31)20(34,35)22(38,39)24(42,43)44)7-53-55(49,50)9-1-3-11-12-4-2-10(6-14(12)15(48)13(11)5-9)56(51,52)54-8-17(28,29)19(32,33)21(36,37)23(40,41)25(45,46)47/h1-6H,7-8H2. The lowest BCUT2D eigenvalue weighted by Crippen LogP contribution is -2.67. The van der Waals surface area contributed by atoms with E-state index in [1.165, 1.54) is 0 Å². The maximum atomic E-state index is 14.0. The van der Waals surface area contributed by atoms with Crippen molar-refractivity contribution in [1.82, 2.24) is 0 Å². The van der Waals surface area contributed by atoms with E-state index in [-0.39, 0.29) is 24.3 Å². The van der Waals surface area contributed by atoms with Gasteiger partial charge in [-0.05, 0) is 35.4 Å². The third-order valence-electron chi connectivity index (χ3n) is 7.34. The second kappa shape index (κ2) is 13.2. The van der Waals surface area contributed by atoms with Crippen molar-refractivity contribution in [1.29, 1.82) is 0 Å². The van der Waals surface area contributed by atoms with E-state index in [1.807, 2.05) is 0 Å². The summed E-state index contributed by atoms with van der Waals surface area (Å²) in [6, 6.07) is 1.75. The molecule has 7 nitrogen and oxygen atoms in total. The van der Waals surface area contributed by atoms with Gasteiger partial charge in [0.2, 0.25) is 0 Å². The molecule has 0 heterocycles. The molecule has 0 bridgehead atoms. The van der Waals surface area contributed by atoms with E-state index >= 15 is 0 Å². The number of carbonyl (C=O) groups excluding carboxylic acids is 1. The predicted octanol–water partition coefficient (Wildman–Crippen LogP) is 8.52. The monoisotopic (exact) mass is 904 g/mol. The molecule has 31 heteroatoms. The van der Waals surface area contributed by atoms with Crippen molar-refractivity contribution in [2.45, 2.75) is 69.5 Å². The molecule has 1 aliphatic rings. The average Bonchev–Trinajstić information content (AvgIpc) is 3.31. The number of ketones is 1. The molecule has 56 heavy (non-hydrogen) atoms. The van der Waals surface area contributed by atoms with E-state index in [0.717, 1.165) is 0 Å². The molecule has 0 amide bonds. The highest BCUT2D eigenvalue weighted by Crippen LogP contribution is 2.59. The number of hydrogen-bond donors (Lipinski definition) is 0. The summed E-state index contributed by atoms with van der Waals surface area (Å²) >= 11 is 0. The Morgan fingerprint density at radius 1 is 0.393 bits per heavy atom. The van der Waals surface area contributed by atoms with Crippen LogP contribution in [0.25, 0.3) is 11.1 Å². The minimum absolute atomic E-state index is 0.0971. The fourth-order valence-corrected chi connectivity index (χ4v) is 6.05. The Kier molecular flexibility index (Phi) is 11.0. The number of halogens is 22. The zero-order valence-electron chi connectivity index (χ0n) is 25.4. The minimum atomic E-state index is -7.94. The lowest BCUT2D eigenvalue weighted by Gasteiger charge is -2.36. The summed E-state index contributed by atoms with van der Waals surface area (Å²) in [4.78, 5) is 9.79. The van der Waals surface area contributed by atoms with Gasteiger partial charge in [0.25, 0.3) is 20.2 Å². The molecule has 3 rings (SSSR count). The summed E-state index contributed by atoms with van der Waals surface area (Å²) in [6.07, 6.45) is -15.1. The lowest BCUT2D eigenvalue weighted by atomic mass is 9.98. The van der Waals surface area contributed by atoms with Gasteiger partial charge in [-0.3, -0.25) is 13.2 Å². The summed E-state index contributed by atoms with van der Waals surface area (Å²) in [5.74, 6) is -62.1. The van der Waals surface area contributed by atoms with Crippen LogP contribution in [-0.4, -0.2) is 95.6 Å². The zero-order chi connectivity index (χ0) is 44.1. The van der Waals surface area contributed by atoms with Crippen LogP contribution in [0, 0.1) is 0 Å². The first-order valence-electron chi connectivity index (χ1n) is 13.3. The number of fused-ring (bicyclic) bond motifs is 3. The van der Waals surface area contributed by atoms with Crippen molar-refractivity contribution in [3.63, 3.8) is 0 Å². The van der Waals surface area contributed by atoms with Gasteiger partial charge >= 0.3 is 59.7 Å². The number of carbonyl (C=O) groups is 1. The Morgan fingerprint density at radius 2 is 0.661 bits per heavy atom. The fourth-order valence-electron chi connectivity index (χ4n) is 4.18. The third kappa shape index (κ3) is 7.01. The van der Waals surface area contributed by atoms with Crippen LogP contribution in [0.5, 0.6) is 0 Å². The molecule has 0 saturated carbocycles. The molecule has 1 aliphatic carbocycles. The molecule has 0 unspecified atom stereocenters. The molecule has 318 valence electrons. The smallest absolute Gasteiger partial charge is 0.289 e. The summed E-state index contributed by atoms with van der Waals surface area (Å²) < 4.78 is 347. The average molecular weight is 904 g/mol.